The van der Waals surface area contributed by atoms with Crippen molar-refractivity contribution in [2.75, 3.05) is 26.8 Å². The summed E-state index contributed by atoms with van der Waals surface area (Å²) in [5, 5.41) is 3.33. The minimum Gasteiger partial charge on any atom is -0.381 e. The van der Waals surface area contributed by atoms with E-state index in [2.05, 4.69) is 17.5 Å². The Morgan fingerprint density at radius 3 is 3.07 bits per heavy atom. The van der Waals surface area contributed by atoms with E-state index in [1.54, 1.807) is 0 Å². The normalized spacial score (nSPS) is 37.6. The highest BCUT2D eigenvalue weighted by atomic mass is 16.5. The second-order valence-electron chi connectivity index (χ2n) is 4.66. The van der Waals surface area contributed by atoms with Crippen molar-refractivity contribution in [3.63, 3.8) is 0 Å². The zero-order chi connectivity index (χ0) is 9.86. The van der Waals surface area contributed by atoms with Gasteiger partial charge in [-0.2, -0.15) is 0 Å². The molecule has 0 radical (unpaired) electrons. The summed E-state index contributed by atoms with van der Waals surface area (Å²) in [6.07, 6.45) is 9.98. The third-order valence-corrected chi connectivity index (χ3v) is 3.70. The molecule has 2 heteroatoms. The lowest BCUT2D eigenvalue weighted by atomic mass is 9.71. The maximum absolute atomic E-state index is 5.59. The first-order chi connectivity index (χ1) is 6.87. The molecule has 80 valence electrons. The van der Waals surface area contributed by atoms with E-state index in [0.29, 0.717) is 5.41 Å². The van der Waals surface area contributed by atoms with Crippen LogP contribution >= 0.6 is 0 Å². The summed E-state index contributed by atoms with van der Waals surface area (Å²) in [5.74, 6) is 0.742. The Bertz CT molecular complexity index is 206. The average molecular weight is 195 g/mol. The van der Waals surface area contributed by atoms with E-state index in [9.17, 15) is 0 Å². The summed E-state index contributed by atoms with van der Waals surface area (Å²) in [4.78, 5) is 0. The summed E-state index contributed by atoms with van der Waals surface area (Å²) in [5.41, 5.74) is 0.395. The summed E-state index contributed by atoms with van der Waals surface area (Å²) in [6.45, 7) is 3.00. The number of hydrogen-bond donors (Lipinski definition) is 1. The summed E-state index contributed by atoms with van der Waals surface area (Å²) >= 11 is 0. The molecule has 1 aliphatic carbocycles. The van der Waals surface area contributed by atoms with E-state index in [-0.39, 0.29) is 0 Å². The Balaban J connectivity index is 2.08. The topological polar surface area (TPSA) is 21.3 Å². The molecule has 14 heavy (non-hydrogen) atoms. The van der Waals surface area contributed by atoms with Crippen molar-refractivity contribution < 1.29 is 4.74 Å². The molecule has 2 unspecified atom stereocenters. The van der Waals surface area contributed by atoms with E-state index >= 15 is 0 Å². The second-order valence-corrected chi connectivity index (χ2v) is 4.66. The lowest BCUT2D eigenvalue weighted by molar-refractivity contribution is 0.117. The van der Waals surface area contributed by atoms with Crippen molar-refractivity contribution in [2.45, 2.75) is 25.7 Å². The number of nitrogens with one attached hydrogen (secondary N) is 1. The number of ether oxygens (including phenoxy) is 1. The second kappa shape index (κ2) is 4.45. The maximum Gasteiger partial charge on any atom is 0.0541 e. The zero-order valence-electron chi connectivity index (χ0n) is 9.09. The fourth-order valence-corrected chi connectivity index (χ4v) is 2.86. The van der Waals surface area contributed by atoms with Gasteiger partial charge in [-0.3, -0.25) is 0 Å². The molecule has 2 aliphatic rings. The van der Waals surface area contributed by atoms with Gasteiger partial charge in [0.1, 0.15) is 0 Å². The molecule has 1 aliphatic heterocycles. The molecule has 2 nitrogen and oxygen atoms in total. The zero-order valence-corrected chi connectivity index (χ0v) is 9.09. The molecule has 0 aromatic carbocycles. The van der Waals surface area contributed by atoms with Crippen LogP contribution in [-0.4, -0.2) is 26.8 Å². The van der Waals surface area contributed by atoms with Crippen LogP contribution in [0.25, 0.3) is 0 Å². The number of hydrogen-bond acceptors (Lipinski definition) is 2. The van der Waals surface area contributed by atoms with Gasteiger partial charge in [0.15, 0.2) is 0 Å². The first kappa shape index (κ1) is 10.2. The molecular formula is C12H21NO. The lowest BCUT2D eigenvalue weighted by Crippen LogP contribution is -2.39. The smallest absolute Gasteiger partial charge is 0.0541 e. The highest BCUT2D eigenvalue weighted by Crippen LogP contribution is 2.41. The van der Waals surface area contributed by atoms with Crippen LogP contribution in [0, 0.1) is 11.3 Å². The van der Waals surface area contributed by atoms with Crippen LogP contribution in [0.15, 0.2) is 12.2 Å². The Kier molecular flexibility index (Phi) is 3.24. The minimum atomic E-state index is 0.395. The van der Waals surface area contributed by atoms with E-state index in [4.69, 9.17) is 4.74 Å². The van der Waals surface area contributed by atoms with Gasteiger partial charge in [-0.1, -0.05) is 12.2 Å². The van der Waals surface area contributed by atoms with Gasteiger partial charge in [0.2, 0.25) is 0 Å². The first-order valence-corrected chi connectivity index (χ1v) is 5.76. The monoisotopic (exact) mass is 195 g/mol. The van der Waals surface area contributed by atoms with Gasteiger partial charge in [0.25, 0.3) is 0 Å². The van der Waals surface area contributed by atoms with Gasteiger partial charge in [-0.15, -0.1) is 0 Å². The molecule has 1 fully saturated rings. The van der Waals surface area contributed by atoms with Gasteiger partial charge >= 0.3 is 0 Å². The maximum atomic E-state index is 5.59. The van der Waals surface area contributed by atoms with Gasteiger partial charge in [0, 0.05) is 18.6 Å². The van der Waals surface area contributed by atoms with E-state index in [1.807, 2.05) is 7.05 Å². The van der Waals surface area contributed by atoms with Gasteiger partial charge in [0.05, 0.1) is 6.61 Å². The fourth-order valence-electron chi connectivity index (χ4n) is 2.86. The summed E-state index contributed by atoms with van der Waals surface area (Å²) in [7, 11) is 2.05. The molecule has 2 rings (SSSR count). The Morgan fingerprint density at radius 2 is 2.50 bits per heavy atom. The molecule has 1 N–H and O–H groups in total. The quantitative estimate of drug-likeness (QED) is 0.695. The Hall–Kier alpha value is -0.340. The van der Waals surface area contributed by atoms with Gasteiger partial charge in [-0.25, -0.2) is 0 Å². The molecule has 0 amide bonds. The summed E-state index contributed by atoms with van der Waals surface area (Å²) < 4.78 is 5.59. The van der Waals surface area contributed by atoms with Crippen molar-refractivity contribution in [3.05, 3.63) is 12.2 Å². The molecule has 2 atom stereocenters. The molecule has 1 heterocycles. The van der Waals surface area contributed by atoms with Gasteiger partial charge in [-0.05, 0) is 38.6 Å². The van der Waals surface area contributed by atoms with E-state index in [1.165, 1.54) is 25.7 Å². The highest BCUT2D eigenvalue weighted by Gasteiger charge is 2.40. The third kappa shape index (κ3) is 1.86. The van der Waals surface area contributed by atoms with Crippen molar-refractivity contribution >= 4 is 0 Å². The average Bonchev–Trinajstić information content (AvgIpc) is 2.70. The molecule has 0 saturated carbocycles. The van der Waals surface area contributed by atoms with Crippen molar-refractivity contribution in [1.29, 1.82) is 0 Å². The largest absolute Gasteiger partial charge is 0.381 e. The van der Waals surface area contributed by atoms with Gasteiger partial charge < -0.3 is 10.1 Å². The van der Waals surface area contributed by atoms with Crippen LogP contribution in [0.3, 0.4) is 0 Å². The highest BCUT2D eigenvalue weighted by molar-refractivity contribution is 5.04. The number of rotatable bonds is 3. The van der Waals surface area contributed by atoms with E-state index < -0.39 is 0 Å². The lowest BCUT2D eigenvalue weighted by Gasteiger charge is -2.36. The van der Waals surface area contributed by atoms with Crippen LogP contribution < -0.4 is 5.32 Å². The van der Waals surface area contributed by atoms with Crippen molar-refractivity contribution in [2.24, 2.45) is 11.3 Å². The van der Waals surface area contributed by atoms with Crippen molar-refractivity contribution in [3.8, 4) is 0 Å². The number of allylic oxidation sites excluding steroid dienone is 2. The summed E-state index contributed by atoms with van der Waals surface area (Å²) in [6, 6.07) is 0. The van der Waals surface area contributed by atoms with Crippen LogP contribution in [0.2, 0.25) is 0 Å². The van der Waals surface area contributed by atoms with Crippen LogP contribution in [-0.2, 0) is 4.74 Å². The van der Waals surface area contributed by atoms with Crippen LogP contribution in [0.4, 0.5) is 0 Å². The third-order valence-electron chi connectivity index (χ3n) is 3.70. The van der Waals surface area contributed by atoms with Crippen molar-refractivity contribution in [1.82, 2.24) is 5.32 Å². The molecule has 1 saturated heterocycles. The van der Waals surface area contributed by atoms with Crippen LogP contribution in [0.5, 0.6) is 0 Å². The molecular weight excluding hydrogens is 174 g/mol. The molecule has 0 aromatic heterocycles. The SMILES string of the molecule is CNCC1(C2C=CCCC2)CCOC1. The minimum absolute atomic E-state index is 0.395. The predicted molar refractivity (Wildman–Crippen MR) is 58.3 cm³/mol. The standard InChI is InChI=1S/C12H21NO/c1-13-9-12(7-8-14-10-12)11-5-3-2-4-6-11/h3,5,11,13H,2,4,6-10H2,1H3. The predicted octanol–water partition coefficient (Wildman–Crippen LogP) is 1.97. The van der Waals surface area contributed by atoms with Crippen LogP contribution in [0.1, 0.15) is 25.7 Å². The van der Waals surface area contributed by atoms with E-state index in [0.717, 1.165) is 25.7 Å². The molecule has 0 bridgehead atoms. The molecule has 0 spiro atoms. The fraction of sp³-hybridized carbons (Fsp3) is 0.833. The first-order valence-electron chi connectivity index (χ1n) is 5.76. The molecule has 0 aromatic rings. The Morgan fingerprint density at radius 1 is 1.57 bits per heavy atom. The Labute approximate surface area is 86.7 Å².